The van der Waals surface area contributed by atoms with E-state index in [-0.39, 0.29) is 59.7 Å². The van der Waals surface area contributed by atoms with Crippen LogP contribution < -0.4 is 40.7 Å². The summed E-state index contributed by atoms with van der Waals surface area (Å²) in [6.45, 7) is 11.1. The molecule has 0 aromatic heterocycles. The van der Waals surface area contributed by atoms with Gasteiger partial charge >= 0.3 is 18.9 Å². The fourth-order valence-electron chi connectivity index (χ4n) is 2.51. The van der Waals surface area contributed by atoms with Crippen LogP contribution in [0, 0.1) is 10.8 Å². The summed E-state index contributed by atoms with van der Waals surface area (Å²) in [6, 6.07) is 9.32. The number of ketones is 2. The molecule has 32 heavy (non-hydrogen) atoms. The maximum Gasteiger partial charge on any atom is 1.00 e. The Morgan fingerprint density at radius 2 is 1.09 bits per heavy atom. The summed E-state index contributed by atoms with van der Waals surface area (Å²) < 4.78 is 10.3. The number of ether oxygens (including phenoxy) is 2. The molecular formula is C24H32ClLiO6. The molecule has 0 atom stereocenters. The van der Waals surface area contributed by atoms with E-state index in [1.807, 2.05) is 20.8 Å². The van der Waals surface area contributed by atoms with Gasteiger partial charge in [0.25, 0.3) is 0 Å². The van der Waals surface area contributed by atoms with Gasteiger partial charge in [0.1, 0.15) is 0 Å². The number of phenolic OH excluding ortho intramolecular Hbond substituents is 2. The molecule has 0 fully saturated rings. The minimum absolute atomic E-state index is 0. The van der Waals surface area contributed by atoms with E-state index in [0.717, 1.165) is 0 Å². The van der Waals surface area contributed by atoms with Crippen LogP contribution in [0.15, 0.2) is 36.4 Å². The van der Waals surface area contributed by atoms with Crippen molar-refractivity contribution < 1.29 is 60.5 Å². The van der Waals surface area contributed by atoms with Crippen LogP contribution in [0.25, 0.3) is 0 Å². The minimum Gasteiger partial charge on any atom is -1.00 e. The van der Waals surface area contributed by atoms with E-state index in [2.05, 4.69) is 0 Å². The largest absolute Gasteiger partial charge is 1.00 e. The summed E-state index contributed by atoms with van der Waals surface area (Å²) in [5, 5.41) is 18.3. The summed E-state index contributed by atoms with van der Waals surface area (Å²) in [4.78, 5) is 23.8. The third-order valence-electron chi connectivity index (χ3n) is 4.25. The second kappa shape index (κ2) is 12.8. The molecule has 0 aliphatic carbocycles. The number of hydrogen-bond donors (Lipinski definition) is 2. The zero-order valence-electron chi connectivity index (χ0n) is 20.4. The first-order valence-corrected chi connectivity index (χ1v) is 9.56. The van der Waals surface area contributed by atoms with Crippen LogP contribution in [0.4, 0.5) is 0 Å². The second-order valence-corrected chi connectivity index (χ2v) is 8.93. The zero-order chi connectivity index (χ0) is 23.3. The van der Waals surface area contributed by atoms with Gasteiger partial charge in [-0.05, 0) is 36.4 Å². The van der Waals surface area contributed by atoms with Crippen molar-refractivity contribution in [3.8, 4) is 23.0 Å². The van der Waals surface area contributed by atoms with Crippen LogP contribution in [0.1, 0.15) is 62.3 Å². The van der Waals surface area contributed by atoms with Crippen molar-refractivity contribution in [2.24, 2.45) is 10.8 Å². The number of aromatic hydroxyl groups is 2. The molecule has 2 aromatic carbocycles. The average Bonchev–Trinajstić information content (AvgIpc) is 2.67. The van der Waals surface area contributed by atoms with Crippen LogP contribution in [0.5, 0.6) is 23.0 Å². The Hall–Kier alpha value is -2.13. The molecule has 0 saturated carbocycles. The first kappa shape index (κ1) is 32.0. The molecule has 0 saturated heterocycles. The Balaban J connectivity index is 0. The summed E-state index contributed by atoms with van der Waals surface area (Å²) in [6.07, 6.45) is 0. The third-order valence-corrected chi connectivity index (χ3v) is 4.25. The molecule has 8 heteroatoms. The summed E-state index contributed by atoms with van der Waals surface area (Å²) >= 11 is 0. The van der Waals surface area contributed by atoms with E-state index >= 15 is 0 Å². The monoisotopic (exact) mass is 458 g/mol. The quantitative estimate of drug-likeness (QED) is 0.356. The van der Waals surface area contributed by atoms with Crippen molar-refractivity contribution in [2.45, 2.75) is 41.5 Å². The molecule has 0 bridgehead atoms. The standard InChI is InChI=1S/C13H18O3.C11H14O3.ClH.Li/c1-13(2,3)12(14)9-6-7-10(15-4)11(8-9)16-5;1-11(2,3)10(14)7-4-5-8(12)9(13)6-7;;/h6-8H,1-5H3;4-6,12-13H,1-3H3;1H;/q;;;+1/p-1. The second-order valence-electron chi connectivity index (χ2n) is 8.93. The van der Waals surface area contributed by atoms with Gasteiger partial charge in [-0.2, -0.15) is 0 Å². The summed E-state index contributed by atoms with van der Waals surface area (Å²) in [7, 11) is 3.13. The number of benzene rings is 2. The number of rotatable bonds is 4. The zero-order valence-corrected chi connectivity index (χ0v) is 21.1. The van der Waals surface area contributed by atoms with Gasteiger partial charge in [0.05, 0.1) is 14.2 Å². The molecule has 0 amide bonds. The molecule has 0 spiro atoms. The first-order valence-electron chi connectivity index (χ1n) is 9.56. The van der Waals surface area contributed by atoms with Crippen LogP contribution in [-0.2, 0) is 0 Å². The fourth-order valence-corrected chi connectivity index (χ4v) is 2.51. The Morgan fingerprint density at radius 3 is 1.47 bits per heavy atom. The maximum absolute atomic E-state index is 12.0. The van der Waals surface area contributed by atoms with Crippen molar-refractivity contribution >= 4 is 11.6 Å². The van der Waals surface area contributed by atoms with Crippen molar-refractivity contribution in [1.82, 2.24) is 0 Å². The molecule has 2 aromatic rings. The van der Waals surface area contributed by atoms with Gasteiger partial charge in [0.15, 0.2) is 34.6 Å². The summed E-state index contributed by atoms with van der Waals surface area (Å²) in [5.41, 5.74) is 0.182. The van der Waals surface area contributed by atoms with E-state index in [0.29, 0.717) is 22.6 Å². The fraction of sp³-hybridized carbons (Fsp3) is 0.417. The third kappa shape index (κ3) is 8.78. The van der Waals surface area contributed by atoms with Crippen molar-refractivity contribution in [2.75, 3.05) is 14.2 Å². The van der Waals surface area contributed by atoms with Gasteiger partial charge < -0.3 is 32.1 Å². The first-order chi connectivity index (χ1) is 13.7. The van der Waals surface area contributed by atoms with E-state index in [1.165, 1.54) is 18.2 Å². The Labute approximate surface area is 208 Å². The molecule has 2 rings (SSSR count). The van der Waals surface area contributed by atoms with Gasteiger partial charge in [-0.25, -0.2) is 0 Å². The minimum atomic E-state index is -0.483. The van der Waals surface area contributed by atoms with Crippen LogP contribution in [0.2, 0.25) is 0 Å². The predicted octanol–water partition coefficient (Wildman–Crippen LogP) is -0.733. The van der Waals surface area contributed by atoms with E-state index in [1.54, 1.807) is 53.2 Å². The molecule has 0 aliphatic heterocycles. The van der Waals surface area contributed by atoms with E-state index in [9.17, 15) is 14.7 Å². The number of carbonyl (C=O) groups is 2. The van der Waals surface area contributed by atoms with Gasteiger partial charge in [0.2, 0.25) is 0 Å². The Kier molecular flexibility index (Phi) is 12.8. The molecule has 6 nitrogen and oxygen atoms in total. The Bertz CT molecular complexity index is 914. The van der Waals surface area contributed by atoms with Gasteiger partial charge in [-0.15, -0.1) is 0 Å². The number of methoxy groups -OCH3 is 2. The van der Waals surface area contributed by atoms with Crippen LogP contribution in [0.3, 0.4) is 0 Å². The van der Waals surface area contributed by atoms with Crippen molar-refractivity contribution in [1.29, 1.82) is 0 Å². The number of halogens is 1. The Morgan fingerprint density at radius 1 is 0.688 bits per heavy atom. The molecule has 0 radical (unpaired) electrons. The van der Waals surface area contributed by atoms with Crippen LogP contribution in [-0.4, -0.2) is 36.0 Å². The number of Topliss-reactive ketones (excluding diaryl/α,β-unsaturated/α-hetero) is 2. The maximum atomic E-state index is 12.0. The van der Waals surface area contributed by atoms with E-state index < -0.39 is 5.41 Å². The topological polar surface area (TPSA) is 93.1 Å². The molecule has 172 valence electrons. The number of carbonyl (C=O) groups excluding carboxylic acids is 2. The van der Waals surface area contributed by atoms with Gasteiger partial charge in [0, 0.05) is 22.0 Å². The number of hydrogen-bond acceptors (Lipinski definition) is 6. The number of phenols is 2. The van der Waals surface area contributed by atoms with Crippen molar-refractivity contribution in [3.63, 3.8) is 0 Å². The predicted molar refractivity (Wildman–Crippen MR) is 117 cm³/mol. The molecule has 0 heterocycles. The average molecular weight is 459 g/mol. The van der Waals surface area contributed by atoms with E-state index in [4.69, 9.17) is 14.6 Å². The normalized spacial score (nSPS) is 10.5. The molecule has 0 aliphatic rings. The van der Waals surface area contributed by atoms with Gasteiger partial charge in [-0.3, -0.25) is 9.59 Å². The molecule has 2 N–H and O–H groups in total. The molecule has 0 unspecified atom stereocenters. The van der Waals surface area contributed by atoms with Gasteiger partial charge in [-0.1, -0.05) is 41.5 Å². The smallest absolute Gasteiger partial charge is 1.00 e. The molecular weight excluding hydrogens is 427 g/mol. The summed E-state index contributed by atoms with van der Waals surface area (Å²) in [5.74, 6) is 0.766. The SMILES string of the molecule is CC(C)(C)C(=O)c1ccc(O)c(O)c1.COc1ccc(C(=O)C(C)(C)C)cc1OC.[Cl-].[Li+]. The van der Waals surface area contributed by atoms with Crippen molar-refractivity contribution in [3.05, 3.63) is 47.5 Å². The van der Waals surface area contributed by atoms with Crippen LogP contribution >= 0.6 is 0 Å².